The number of hydrogen-bond donors (Lipinski definition) is 2. The minimum absolute atomic E-state index is 0.00231. The first-order valence-electron chi connectivity index (χ1n) is 3.38. The second-order valence-corrected chi connectivity index (χ2v) is 2.36. The highest BCUT2D eigenvalue weighted by Crippen LogP contribution is 2.15. The second-order valence-electron chi connectivity index (χ2n) is 2.36. The second kappa shape index (κ2) is 2.84. The van der Waals surface area contributed by atoms with Gasteiger partial charge in [-0.05, 0) is 13.8 Å². The van der Waals surface area contributed by atoms with E-state index in [2.05, 4.69) is 9.97 Å². The highest BCUT2D eigenvalue weighted by atomic mass is 16.3. The molecule has 0 aromatic carbocycles. The molecule has 1 aromatic rings. The first-order valence-corrected chi connectivity index (χ1v) is 3.38. The van der Waals surface area contributed by atoms with Crippen LogP contribution in [0.25, 0.3) is 0 Å². The third kappa shape index (κ3) is 1.46. The fourth-order valence-corrected chi connectivity index (χ4v) is 0.957. The van der Waals surface area contributed by atoms with E-state index >= 15 is 0 Å². The van der Waals surface area contributed by atoms with Gasteiger partial charge >= 0.3 is 0 Å². The van der Waals surface area contributed by atoms with Crippen molar-refractivity contribution in [1.29, 1.82) is 0 Å². The van der Waals surface area contributed by atoms with Crippen molar-refractivity contribution in [3.63, 3.8) is 0 Å². The van der Waals surface area contributed by atoms with Gasteiger partial charge in [-0.3, -0.25) is 0 Å². The number of hydrogen-bond acceptors (Lipinski definition) is 4. The smallest absolute Gasteiger partial charge is 0.218 e. The van der Waals surface area contributed by atoms with Gasteiger partial charge in [-0.25, -0.2) is 4.98 Å². The maximum atomic E-state index is 9.24. The van der Waals surface area contributed by atoms with Crippen LogP contribution in [0, 0.1) is 13.8 Å². The van der Waals surface area contributed by atoms with Crippen LogP contribution in [-0.4, -0.2) is 15.1 Å². The van der Waals surface area contributed by atoms with Crippen molar-refractivity contribution in [2.75, 3.05) is 0 Å². The van der Waals surface area contributed by atoms with Crippen LogP contribution >= 0.6 is 0 Å². The Morgan fingerprint density at radius 2 is 2.00 bits per heavy atom. The van der Waals surface area contributed by atoms with Gasteiger partial charge in [-0.15, -0.1) is 0 Å². The molecule has 0 saturated carbocycles. The van der Waals surface area contributed by atoms with Gasteiger partial charge in [0, 0.05) is 17.8 Å². The number of rotatable bonds is 1. The van der Waals surface area contributed by atoms with Crippen LogP contribution in [0.4, 0.5) is 0 Å². The maximum absolute atomic E-state index is 9.24. The van der Waals surface area contributed by atoms with E-state index < -0.39 is 0 Å². The van der Waals surface area contributed by atoms with Crippen molar-refractivity contribution in [2.24, 2.45) is 5.73 Å². The predicted molar refractivity (Wildman–Crippen MR) is 41.1 cm³/mol. The zero-order valence-electron chi connectivity index (χ0n) is 6.63. The van der Waals surface area contributed by atoms with Crippen LogP contribution in [-0.2, 0) is 6.54 Å². The molecule has 0 fully saturated rings. The Bertz CT molecular complexity index is 249. The lowest BCUT2D eigenvalue weighted by Crippen LogP contribution is -2.04. The van der Waals surface area contributed by atoms with Gasteiger partial charge in [0.2, 0.25) is 5.88 Å². The van der Waals surface area contributed by atoms with E-state index in [1.165, 1.54) is 0 Å². The number of aromatic nitrogens is 2. The van der Waals surface area contributed by atoms with Crippen molar-refractivity contribution >= 4 is 0 Å². The molecule has 3 N–H and O–H groups in total. The summed E-state index contributed by atoms with van der Waals surface area (Å²) in [5.74, 6) is 0.565. The molecule has 0 spiro atoms. The van der Waals surface area contributed by atoms with E-state index in [-0.39, 0.29) is 12.4 Å². The highest BCUT2D eigenvalue weighted by molar-refractivity contribution is 5.28. The monoisotopic (exact) mass is 153 g/mol. The van der Waals surface area contributed by atoms with Crippen LogP contribution in [0.3, 0.4) is 0 Å². The Kier molecular flexibility index (Phi) is 2.05. The molecule has 4 heteroatoms. The molecule has 1 rings (SSSR count). The van der Waals surface area contributed by atoms with E-state index in [4.69, 9.17) is 5.73 Å². The van der Waals surface area contributed by atoms with Gasteiger partial charge in [0.05, 0.1) is 0 Å². The summed E-state index contributed by atoms with van der Waals surface area (Å²) in [6, 6.07) is 0. The molecule has 1 aromatic heterocycles. The fraction of sp³-hybridized carbons (Fsp3) is 0.429. The summed E-state index contributed by atoms with van der Waals surface area (Å²) < 4.78 is 0. The van der Waals surface area contributed by atoms with Gasteiger partial charge in [0.1, 0.15) is 5.82 Å². The summed E-state index contributed by atoms with van der Waals surface area (Å²) in [5.41, 5.74) is 6.73. The van der Waals surface area contributed by atoms with Gasteiger partial charge in [-0.1, -0.05) is 0 Å². The molecule has 0 aliphatic rings. The highest BCUT2D eigenvalue weighted by Gasteiger charge is 2.05. The molecule has 0 unspecified atom stereocenters. The Morgan fingerprint density at radius 3 is 2.45 bits per heavy atom. The topological polar surface area (TPSA) is 72.0 Å². The molecule has 0 radical (unpaired) electrons. The molecule has 4 nitrogen and oxygen atoms in total. The van der Waals surface area contributed by atoms with Crippen LogP contribution in [0.15, 0.2) is 0 Å². The van der Waals surface area contributed by atoms with Crippen LogP contribution < -0.4 is 5.73 Å². The summed E-state index contributed by atoms with van der Waals surface area (Å²) in [6.07, 6.45) is 0. The van der Waals surface area contributed by atoms with Gasteiger partial charge in [0.15, 0.2) is 0 Å². The molecule has 1 heterocycles. The van der Waals surface area contributed by atoms with Crippen molar-refractivity contribution < 1.29 is 5.11 Å². The largest absolute Gasteiger partial charge is 0.493 e. The van der Waals surface area contributed by atoms with E-state index in [0.29, 0.717) is 11.4 Å². The lowest BCUT2D eigenvalue weighted by molar-refractivity contribution is 0.441. The SMILES string of the molecule is Cc1nc(C)c(CN)c(O)n1. The average molecular weight is 153 g/mol. The summed E-state index contributed by atoms with van der Waals surface area (Å²) in [7, 11) is 0. The minimum Gasteiger partial charge on any atom is -0.493 e. The van der Waals surface area contributed by atoms with Crippen LogP contribution in [0.5, 0.6) is 5.88 Å². The first-order chi connectivity index (χ1) is 5.15. The fourth-order valence-electron chi connectivity index (χ4n) is 0.957. The van der Waals surface area contributed by atoms with E-state index in [0.717, 1.165) is 5.69 Å². The number of aryl methyl sites for hydroxylation is 2. The normalized spacial score (nSPS) is 10.1. The molecular weight excluding hydrogens is 142 g/mol. The number of nitrogens with zero attached hydrogens (tertiary/aromatic N) is 2. The first kappa shape index (κ1) is 7.94. The van der Waals surface area contributed by atoms with Gasteiger partial charge in [-0.2, -0.15) is 4.98 Å². The minimum atomic E-state index is -0.00231. The lowest BCUT2D eigenvalue weighted by atomic mass is 10.2. The maximum Gasteiger partial charge on any atom is 0.218 e. The van der Waals surface area contributed by atoms with E-state index in [1.54, 1.807) is 13.8 Å². The van der Waals surface area contributed by atoms with Crippen molar-refractivity contribution in [2.45, 2.75) is 20.4 Å². The zero-order valence-corrected chi connectivity index (χ0v) is 6.63. The third-order valence-electron chi connectivity index (χ3n) is 1.51. The lowest BCUT2D eigenvalue weighted by Gasteiger charge is -2.04. The van der Waals surface area contributed by atoms with E-state index in [9.17, 15) is 5.11 Å². The molecule has 11 heavy (non-hydrogen) atoms. The standard InChI is InChI=1S/C7H11N3O/c1-4-6(3-8)7(11)10-5(2)9-4/h3,8H2,1-2H3,(H,9,10,11). The van der Waals surface area contributed by atoms with Crippen LogP contribution in [0.1, 0.15) is 17.1 Å². The summed E-state index contributed by atoms with van der Waals surface area (Å²) in [6.45, 7) is 3.81. The Hall–Kier alpha value is -1.16. The molecule has 0 aliphatic carbocycles. The molecule has 0 bridgehead atoms. The Morgan fingerprint density at radius 1 is 1.36 bits per heavy atom. The van der Waals surface area contributed by atoms with Gasteiger partial charge < -0.3 is 10.8 Å². The number of nitrogens with two attached hydrogens (primary N) is 1. The summed E-state index contributed by atoms with van der Waals surface area (Å²) in [4.78, 5) is 7.82. The molecule has 0 atom stereocenters. The average Bonchev–Trinajstić information content (AvgIpc) is 1.85. The molecular formula is C7H11N3O. The van der Waals surface area contributed by atoms with Crippen molar-refractivity contribution in [3.8, 4) is 5.88 Å². The predicted octanol–water partition coefficient (Wildman–Crippen LogP) is 0.258. The third-order valence-corrected chi connectivity index (χ3v) is 1.51. The van der Waals surface area contributed by atoms with Crippen molar-refractivity contribution in [3.05, 3.63) is 17.1 Å². The Balaban J connectivity index is 3.25. The number of aromatic hydroxyl groups is 1. The quantitative estimate of drug-likeness (QED) is 0.607. The Labute approximate surface area is 65.1 Å². The van der Waals surface area contributed by atoms with Gasteiger partial charge in [0.25, 0.3) is 0 Å². The van der Waals surface area contributed by atoms with Crippen molar-refractivity contribution in [1.82, 2.24) is 9.97 Å². The zero-order chi connectivity index (χ0) is 8.43. The van der Waals surface area contributed by atoms with E-state index in [1.807, 2.05) is 0 Å². The molecule has 0 aliphatic heterocycles. The van der Waals surface area contributed by atoms with Crippen LogP contribution in [0.2, 0.25) is 0 Å². The molecule has 60 valence electrons. The summed E-state index contributed by atoms with van der Waals surface area (Å²) in [5, 5.41) is 9.24. The molecule has 0 amide bonds. The molecule has 0 saturated heterocycles. The summed E-state index contributed by atoms with van der Waals surface area (Å²) >= 11 is 0.